The molecule has 1 rings (SSSR count). The summed E-state index contributed by atoms with van der Waals surface area (Å²) < 4.78 is 5.40. The minimum Gasteiger partial charge on any atom is -0.391 e. The number of hydrogen-bond donors (Lipinski definition) is 2. The minimum absolute atomic E-state index is 0.0487. The van der Waals surface area contributed by atoms with E-state index >= 15 is 0 Å². The molecule has 0 bridgehead atoms. The molecule has 1 unspecified atom stereocenters. The number of amides is 1. The summed E-state index contributed by atoms with van der Waals surface area (Å²) in [5.74, 6) is -0.0487. The Bertz CT molecular complexity index is 245. The summed E-state index contributed by atoms with van der Waals surface area (Å²) in [4.78, 5) is 11.8. The lowest BCUT2D eigenvalue weighted by Crippen LogP contribution is -2.53. The molecule has 0 aromatic heterocycles. The Morgan fingerprint density at radius 1 is 1.56 bits per heavy atom. The quantitative estimate of drug-likeness (QED) is 0.745. The molecule has 0 heterocycles. The van der Waals surface area contributed by atoms with E-state index < -0.39 is 11.6 Å². The second kappa shape index (κ2) is 4.72. The predicted molar refractivity (Wildman–Crippen MR) is 62.1 cm³/mol. The van der Waals surface area contributed by atoms with Crippen LogP contribution in [0.15, 0.2) is 0 Å². The summed E-state index contributed by atoms with van der Waals surface area (Å²) in [6, 6.07) is 0. The zero-order valence-corrected chi connectivity index (χ0v) is 10.7. The molecule has 4 nitrogen and oxygen atoms in total. The van der Waals surface area contributed by atoms with Crippen molar-refractivity contribution < 1.29 is 14.6 Å². The average Bonchev–Trinajstić information content (AvgIpc) is 2.10. The Morgan fingerprint density at radius 3 is 2.44 bits per heavy atom. The van der Waals surface area contributed by atoms with Gasteiger partial charge in [0, 0.05) is 7.11 Å². The van der Waals surface area contributed by atoms with Crippen molar-refractivity contribution in [3.05, 3.63) is 0 Å². The molecular weight excluding hydrogens is 206 g/mol. The van der Waals surface area contributed by atoms with E-state index in [9.17, 15) is 9.90 Å². The summed E-state index contributed by atoms with van der Waals surface area (Å²) in [6.07, 6.45) is 2.84. The van der Waals surface area contributed by atoms with Crippen LogP contribution in [0.5, 0.6) is 0 Å². The molecule has 4 heteroatoms. The van der Waals surface area contributed by atoms with E-state index in [0.29, 0.717) is 6.42 Å². The van der Waals surface area contributed by atoms with Crippen molar-refractivity contribution >= 4 is 5.91 Å². The highest BCUT2D eigenvalue weighted by Crippen LogP contribution is 2.38. The lowest BCUT2D eigenvalue weighted by Gasteiger charge is -2.41. The molecule has 16 heavy (non-hydrogen) atoms. The standard InChI is InChI=1S/C12H23NO3/c1-9(14)11(2,3)13-10(15)8-12(16-4)6-5-7-12/h9,14H,5-8H2,1-4H3,(H,13,15). The van der Waals surface area contributed by atoms with E-state index in [1.54, 1.807) is 14.0 Å². The number of aliphatic hydroxyl groups is 1. The predicted octanol–water partition coefficient (Wildman–Crippen LogP) is 1.22. The first-order valence-electron chi connectivity index (χ1n) is 5.85. The van der Waals surface area contributed by atoms with Gasteiger partial charge in [0.25, 0.3) is 0 Å². The normalized spacial score (nSPS) is 21.1. The van der Waals surface area contributed by atoms with Gasteiger partial charge in [0.05, 0.1) is 23.7 Å². The number of methoxy groups -OCH3 is 1. The monoisotopic (exact) mass is 229 g/mol. The van der Waals surface area contributed by atoms with Gasteiger partial charge in [-0.05, 0) is 40.0 Å². The van der Waals surface area contributed by atoms with Crippen LogP contribution < -0.4 is 5.32 Å². The van der Waals surface area contributed by atoms with Crippen LogP contribution in [0.1, 0.15) is 46.5 Å². The first-order chi connectivity index (χ1) is 7.31. The molecule has 2 N–H and O–H groups in total. The Kier molecular flexibility index (Phi) is 3.97. The van der Waals surface area contributed by atoms with Crippen LogP contribution in [0.25, 0.3) is 0 Å². The number of aliphatic hydroxyl groups excluding tert-OH is 1. The van der Waals surface area contributed by atoms with Gasteiger partial charge in [-0.1, -0.05) is 0 Å². The fourth-order valence-electron chi connectivity index (χ4n) is 1.82. The van der Waals surface area contributed by atoms with Crippen LogP contribution in [0.4, 0.5) is 0 Å². The summed E-state index contributed by atoms with van der Waals surface area (Å²) >= 11 is 0. The highest BCUT2D eigenvalue weighted by molar-refractivity contribution is 5.78. The zero-order valence-electron chi connectivity index (χ0n) is 10.7. The topological polar surface area (TPSA) is 58.6 Å². The molecule has 0 saturated heterocycles. The average molecular weight is 229 g/mol. The van der Waals surface area contributed by atoms with E-state index in [1.807, 2.05) is 13.8 Å². The van der Waals surface area contributed by atoms with Gasteiger partial charge in [0.15, 0.2) is 0 Å². The van der Waals surface area contributed by atoms with Gasteiger partial charge in [0.1, 0.15) is 0 Å². The number of nitrogens with one attached hydrogen (secondary N) is 1. The first kappa shape index (κ1) is 13.5. The molecule has 1 aliphatic rings. The van der Waals surface area contributed by atoms with Crippen molar-refractivity contribution in [2.45, 2.75) is 63.7 Å². The van der Waals surface area contributed by atoms with Crippen molar-refractivity contribution in [2.24, 2.45) is 0 Å². The molecule has 0 aliphatic heterocycles. The van der Waals surface area contributed by atoms with Gasteiger partial charge < -0.3 is 15.2 Å². The molecule has 1 fully saturated rings. The number of carbonyl (C=O) groups is 1. The van der Waals surface area contributed by atoms with Crippen molar-refractivity contribution in [1.29, 1.82) is 0 Å². The SMILES string of the molecule is COC1(CC(=O)NC(C)(C)C(C)O)CCC1. The highest BCUT2D eigenvalue weighted by atomic mass is 16.5. The maximum atomic E-state index is 11.8. The van der Waals surface area contributed by atoms with Gasteiger partial charge in [0.2, 0.25) is 5.91 Å². The summed E-state index contributed by atoms with van der Waals surface area (Å²) in [7, 11) is 1.66. The Morgan fingerprint density at radius 2 is 2.12 bits per heavy atom. The van der Waals surface area contributed by atoms with Gasteiger partial charge in [-0.3, -0.25) is 4.79 Å². The Hall–Kier alpha value is -0.610. The molecule has 0 aromatic rings. The van der Waals surface area contributed by atoms with E-state index in [1.165, 1.54) is 0 Å². The Balaban J connectivity index is 2.47. The minimum atomic E-state index is -0.588. The van der Waals surface area contributed by atoms with Crippen LogP contribution in [0, 0.1) is 0 Å². The number of hydrogen-bond acceptors (Lipinski definition) is 3. The number of rotatable bonds is 5. The van der Waals surface area contributed by atoms with Gasteiger partial charge in [-0.25, -0.2) is 0 Å². The third-order valence-electron chi connectivity index (χ3n) is 3.69. The van der Waals surface area contributed by atoms with Crippen LogP contribution in [0.3, 0.4) is 0 Å². The molecule has 0 aromatic carbocycles. The molecule has 1 amide bonds. The molecule has 0 spiro atoms. The van der Waals surface area contributed by atoms with E-state index in [-0.39, 0.29) is 11.5 Å². The van der Waals surface area contributed by atoms with Crippen molar-refractivity contribution in [3.63, 3.8) is 0 Å². The van der Waals surface area contributed by atoms with Crippen LogP contribution in [-0.4, -0.2) is 35.4 Å². The number of ether oxygens (including phenoxy) is 1. The third-order valence-corrected chi connectivity index (χ3v) is 3.69. The third kappa shape index (κ3) is 2.95. The molecule has 1 aliphatic carbocycles. The summed E-state index contributed by atoms with van der Waals surface area (Å²) in [5.41, 5.74) is -0.839. The van der Waals surface area contributed by atoms with Gasteiger partial charge in [-0.15, -0.1) is 0 Å². The van der Waals surface area contributed by atoms with Gasteiger partial charge >= 0.3 is 0 Å². The molecule has 0 radical (unpaired) electrons. The second-order valence-corrected chi connectivity index (χ2v) is 5.36. The fourth-order valence-corrected chi connectivity index (χ4v) is 1.82. The van der Waals surface area contributed by atoms with E-state index in [4.69, 9.17) is 4.74 Å². The zero-order chi connectivity index (χ0) is 12.4. The largest absolute Gasteiger partial charge is 0.391 e. The van der Waals surface area contributed by atoms with E-state index in [0.717, 1.165) is 19.3 Å². The lowest BCUT2D eigenvalue weighted by molar-refractivity contribution is -0.136. The highest BCUT2D eigenvalue weighted by Gasteiger charge is 2.40. The molecule has 1 atom stereocenters. The molecule has 94 valence electrons. The van der Waals surface area contributed by atoms with Crippen molar-refractivity contribution in [3.8, 4) is 0 Å². The van der Waals surface area contributed by atoms with Crippen LogP contribution in [0.2, 0.25) is 0 Å². The van der Waals surface area contributed by atoms with Crippen molar-refractivity contribution in [2.75, 3.05) is 7.11 Å². The van der Waals surface area contributed by atoms with E-state index in [2.05, 4.69) is 5.32 Å². The number of carbonyl (C=O) groups excluding carboxylic acids is 1. The maximum absolute atomic E-state index is 11.8. The van der Waals surface area contributed by atoms with Crippen molar-refractivity contribution in [1.82, 2.24) is 5.32 Å². The van der Waals surface area contributed by atoms with Crippen LogP contribution >= 0.6 is 0 Å². The van der Waals surface area contributed by atoms with Gasteiger partial charge in [-0.2, -0.15) is 0 Å². The molecule has 1 saturated carbocycles. The Labute approximate surface area is 97.4 Å². The lowest BCUT2D eigenvalue weighted by atomic mass is 9.77. The van der Waals surface area contributed by atoms with Crippen LogP contribution in [-0.2, 0) is 9.53 Å². The first-order valence-corrected chi connectivity index (χ1v) is 5.85. The maximum Gasteiger partial charge on any atom is 0.223 e. The smallest absolute Gasteiger partial charge is 0.223 e. The fraction of sp³-hybridized carbons (Fsp3) is 0.917. The summed E-state index contributed by atoms with van der Waals surface area (Å²) in [5, 5.41) is 12.4. The summed E-state index contributed by atoms with van der Waals surface area (Å²) in [6.45, 7) is 5.31. The molecular formula is C12H23NO3. The second-order valence-electron chi connectivity index (χ2n) is 5.36.